The molecule has 100 valence electrons. The Morgan fingerprint density at radius 3 is 3.22 bits per heavy atom. The van der Waals surface area contributed by atoms with Crippen LogP contribution >= 0.6 is 0 Å². The number of ether oxygens (including phenoxy) is 2. The average Bonchev–Trinajstić information content (AvgIpc) is 3.00. The van der Waals surface area contributed by atoms with E-state index in [4.69, 9.17) is 9.47 Å². The normalized spacial score (nSPS) is 32.2. The van der Waals surface area contributed by atoms with Crippen LogP contribution in [0.5, 0.6) is 0 Å². The number of aryl methyl sites for hydroxylation is 1. The van der Waals surface area contributed by atoms with Crippen LogP contribution in [0.3, 0.4) is 0 Å². The minimum absolute atomic E-state index is 0.0172. The highest BCUT2D eigenvalue weighted by atomic mass is 16.6. The Kier molecular flexibility index (Phi) is 3.39. The molecule has 2 unspecified atom stereocenters. The van der Waals surface area contributed by atoms with E-state index in [1.807, 2.05) is 6.20 Å². The van der Waals surface area contributed by atoms with Gasteiger partial charge in [-0.3, -0.25) is 0 Å². The van der Waals surface area contributed by atoms with Crippen molar-refractivity contribution in [2.75, 3.05) is 19.8 Å². The molecule has 0 aliphatic carbocycles. The van der Waals surface area contributed by atoms with E-state index in [-0.39, 0.29) is 5.60 Å². The van der Waals surface area contributed by atoms with Crippen LogP contribution in [0.15, 0.2) is 12.4 Å². The van der Waals surface area contributed by atoms with E-state index in [0.717, 1.165) is 51.9 Å². The van der Waals surface area contributed by atoms with Crippen molar-refractivity contribution in [3.05, 3.63) is 18.2 Å². The van der Waals surface area contributed by atoms with Crippen LogP contribution in [-0.4, -0.2) is 35.0 Å². The fourth-order valence-electron chi connectivity index (χ4n) is 3.20. The Bertz CT molecular complexity index is 396. The molecule has 2 fully saturated rings. The van der Waals surface area contributed by atoms with Crippen molar-refractivity contribution < 1.29 is 9.47 Å². The van der Waals surface area contributed by atoms with Gasteiger partial charge < -0.3 is 14.0 Å². The fraction of sp³-hybridized carbons (Fsp3) is 0.786. The quantitative estimate of drug-likeness (QED) is 0.826. The highest BCUT2D eigenvalue weighted by Gasteiger charge is 2.41. The van der Waals surface area contributed by atoms with Crippen molar-refractivity contribution in [2.24, 2.45) is 0 Å². The molecule has 18 heavy (non-hydrogen) atoms. The molecule has 0 aromatic carbocycles. The van der Waals surface area contributed by atoms with Crippen molar-refractivity contribution in [1.29, 1.82) is 0 Å². The van der Waals surface area contributed by atoms with E-state index in [2.05, 4.69) is 22.7 Å². The zero-order chi connectivity index (χ0) is 12.4. The second-order valence-electron chi connectivity index (χ2n) is 5.48. The van der Waals surface area contributed by atoms with Gasteiger partial charge >= 0.3 is 0 Å². The van der Waals surface area contributed by atoms with Crippen molar-refractivity contribution in [1.82, 2.24) is 9.55 Å². The minimum atomic E-state index is -0.0172. The zero-order valence-electron chi connectivity index (χ0n) is 11.1. The van der Waals surface area contributed by atoms with Crippen molar-refractivity contribution in [2.45, 2.75) is 50.7 Å². The van der Waals surface area contributed by atoms with Gasteiger partial charge in [0.2, 0.25) is 0 Å². The minimum Gasteiger partial charge on any atom is -0.378 e. The van der Waals surface area contributed by atoms with Crippen LogP contribution < -0.4 is 0 Å². The summed E-state index contributed by atoms with van der Waals surface area (Å²) in [5.41, 5.74) is -0.0172. The number of rotatable bonds is 3. The molecule has 0 saturated carbocycles. The number of imidazole rings is 1. The molecule has 2 saturated heterocycles. The van der Waals surface area contributed by atoms with Crippen LogP contribution in [0.2, 0.25) is 0 Å². The van der Waals surface area contributed by atoms with Crippen molar-refractivity contribution >= 4 is 0 Å². The van der Waals surface area contributed by atoms with Gasteiger partial charge in [-0.25, -0.2) is 4.98 Å². The summed E-state index contributed by atoms with van der Waals surface area (Å²) >= 11 is 0. The van der Waals surface area contributed by atoms with Crippen LogP contribution in [0.25, 0.3) is 0 Å². The monoisotopic (exact) mass is 250 g/mol. The van der Waals surface area contributed by atoms with Gasteiger partial charge in [0.05, 0.1) is 12.2 Å². The van der Waals surface area contributed by atoms with Gasteiger partial charge in [-0.2, -0.15) is 0 Å². The van der Waals surface area contributed by atoms with Gasteiger partial charge in [-0.05, 0) is 19.3 Å². The first-order valence-electron chi connectivity index (χ1n) is 7.06. The number of hydrogen-bond acceptors (Lipinski definition) is 3. The van der Waals surface area contributed by atoms with Gasteiger partial charge in [-0.1, -0.05) is 6.92 Å². The summed E-state index contributed by atoms with van der Waals surface area (Å²) in [6.45, 7) is 4.66. The maximum absolute atomic E-state index is 6.00. The molecule has 0 radical (unpaired) electrons. The summed E-state index contributed by atoms with van der Waals surface area (Å²) in [7, 11) is 0. The van der Waals surface area contributed by atoms with Gasteiger partial charge in [0.1, 0.15) is 5.82 Å². The second-order valence-corrected chi connectivity index (χ2v) is 5.48. The first-order chi connectivity index (χ1) is 8.83. The van der Waals surface area contributed by atoms with E-state index in [1.54, 1.807) is 0 Å². The topological polar surface area (TPSA) is 36.3 Å². The lowest BCUT2D eigenvalue weighted by Gasteiger charge is -2.38. The Labute approximate surface area is 108 Å². The summed E-state index contributed by atoms with van der Waals surface area (Å²) in [5, 5.41) is 0. The molecule has 1 spiro atoms. The highest BCUT2D eigenvalue weighted by Crippen LogP contribution is 2.38. The maximum atomic E-state index is 6.00. The third kappa shape index (κ3) is 2.19. The average molecular weight is 250 g/mol. The Morgan fingerprint density at radius 2 is 2.44 bits per heavy atom. The SMILES string of the molecule is CCCc1nccn1C1CCOC2(CCOC2)C1. The molecule has 2 aliphatic rings. The molecular weight excluding hydrogens is 228 g/mol. The van der Waals surface area contributed by atoms with Crippen molar-refractivity contribution in [3.63, 3.8) is 0 Å². The molecule has 0 amide bonds. The summed E-state index contributed by atoms with van der Waals surface area (Å²) < 4.78 is 13.9. The van der Waals surface area contributed by atoms with Crippen LogP contribution in [0.4, 0.5) is 0 Å². The Balaban J connectivity index is 1.77. The number of hydrogen-bond donors (Lipinski definition) is 0. The van der Waals surface area contributed by atoms with E-state index in [0.29, 0.717) is 6.04 Å². The molecule has 1 aromatic rings. The predicted octanol–water partition coefficient (Wildman–Crippen LogP) is 2.35. The maximum Gasteiger partial charge on any atom is 0.108 e. The lowest BCUT2D eigenvalue weighted by atomic mass is 9.89. The lowest BCUT2D eigenvalue weighted by molar-refractivity contribution is -0.0951. The molecule has 3 heterocycles. The van der Waals surface area contributed by atoms with Crippen LogP contribution in [0.1, 0.15) is 44.5 Å². The second kappa shape index (κ2) is 5.02. The molecule has 4 heteroatoms. The predicted molar refractivity (Wildman–Crippen MR) is 68.6 cm³/mol. The van der Waals surface area contributed by atoms with Gasteiger partial charge in [0.15, 0.2) is 0 Å². The van der Waals surface area contributed by atoms with Gasteiger partial charge in [0.25, 0.3) is 0 Å². The smallest absolute Gasteiger partial charge is 0.108 e. The molecular formula is C14H22N2O2. The first kappa shape index (κ1) is 12.2. The molecule has 1 aromatic heterocycles. The summed E-state index contributed by atoms with van der Waals surface area (Å²) in [5.74, 6) is 1.22. The van der Waals surface area contributed by atoms with E-state index in [9.17, 15) is 0 Å². The summed E-state index contributed by atoms with van der Waals surface area (Å²) in [6, 6.07) is 0.532. The lowest BCUT2D eigenvalue weighted by Crippen LogP contribution is -2.41. The molecule has 3 rings (SSSR count). The molecule has 2 aliphatic heterocycles. The molecule has 4 nitrogen and oxygen atoms in total. The van der Waals surface area contributed by atoms with Crippen LogP contribution in [0, 0.1) is 0 Å². The Hall–Kier alpha value is -0.870. The zero-order valence-corrected chi connectivity index (χ0v) is 11.1. The summed E-state index contributed by atoms with van der Waals surface area (Å²) in [6.07, 6.45) is 9.47. The largest absolute Gasteiger partial charge is 0.378 e. The molecule has 2 atom stereocenters. The first-order valence-corrected chi connectivity index (χ1v) is 7.06. The van der Waals surface area contributed by atoms with Crippen LogP contribution in [-0.2, 0) is 15.9 Å². The summed E-state index contributed by atoms with van der Waals surface area (Å²) in [4.78, 5) is 4.49. The van der Waals surface area contributed by atoms with Crippen molar-refractivity contribution in [3.8, 4) is 0 Å². The fourth-order valence-corrected chi connectivity index (χ4v) is 3.20. The standard InChI is InChI=1S/C14H22N2O2/c1-2-3-13-15-6-7-16(13)12-4-8-18-14(10-12)5-9-17-11-14/h6-7,12H,2-5,8-11H2,1H3. The highest BCUT2D eigenvalue weighted by molar-refractivity contribution is 5.00. The number of aromatic nitrogens is 2. The molecule has 0 N–H and O–H groups in total. The van der Waals surface area contributed by atoms with Gasteiger partial charge in [0, 0.05) is 44.5 Å². The third-order valence-corrected chi connectivity index (χ3v) is 4.15. The molecule has 0 bridgehead atoms. The van der Waals surface area contributed by atoms with Gasteiger partial charge in [-0.15, -0.1) is 0 Å². The van der Waals surface area contributed by atoms with E-state index in [1.165, 1.54) is 5.82 Å². The third-order valence-electron chi connectivity index (χ3n) is 4.15. The van der Waals surface area contributed by atoms with E-state index < -0.39 is 0 Å². The number of nitrogens with zero attached hydrogens (tertiary/aromatic N) is 2. The van der Waals surface area contributed by atoms with E-state index >= 15 is 0 Å². The Morgan fingerprint density at radius 1 is 1.50 bits per heavy atom.